The van der Waals surface area contributed by atoms with Gasteiger partial charge in [0.05, 0.1) is 4.75 Å². The van der Waals surface area contributed by atoms with Crippen LogP contribution in [-0.2, 0) is 4.79 Å². The lowest BCUT2D eigenvalue weighted by Crippen LogP contribution is -2.20. The van der Waals surface area contributed by atoms with Crippen LogP contribution in [0.15, 0.2) is 11.8 Å². The van der Waals surface area contributed by atoms with E-state index >= 15 is 0 Å². The van der Waals surface area contributed by atoms with E-state index in [2.05, 4.69) is 6.92 Å². The van der Waals surface area contributed by atoms with Gasteiger partial charge in [-0.2, -0.15) is 0 Å². The summed E-state index contributed by atoms with van der Waals surface area (Å²) in [6.45, 7) is 4.17. The summed E-state index contributed by atoms with van der Waals surface area (Å²) in [5, 5.41) is 9.67. The molecule has 0 saturated carbocycles. The van der Waals surface area contributed by atoms with Crippen LogP contribution >= 0.6 is 11.8 Å². The molecule has 1 unspecified atom stereocenters. The molecule has 1 atom stereocenters. The van der Waals surface area contributed by atoms with E-state index in [9.17, 15) is 9.90 Å². The van der Waals surface area contributed by atoms with Gasteiger partial charge in [-0.1, -0.05) is 57.2 Å². The number of hydrogen-bond donors (Lipinski definition) is 1. The Bertz CT molecular complexity index is 273. The second-order valence-corrected chi connectivity index (χ2v) is 6.21. The van der Waals surface area contributed by atoms with Crippen molar-refractivity contribution in [3.8, 4) is 0 Å². The van der Waals surface area contributed by atoms with Crippen molar-refractivity contribution in [2.45, 2.75) is 63.5 Å². The average molecular weight is 242 g/mol. The first-order valence-electron chi connectivity index (χ1n) is 6.22. The number of thioether (sulfide) groups is 1. The number of aliphatic hydroxyl groups is 1. The Morgan fingerprint density at radius 2 is 1.88 bits per heavy atom. The Hall–Kier alpha value is -0.440. The molecule has 2 nitrogen and oxygen atoms in total. The molecule has 3 heteroatoms. The smallest absolute Gasteiger partial charge is 0.216 e. The van der Waals surface area contributed by atoms with E-state index in [0.29, 0.717) is 0 Å². The Morgan fingerprint density at radius 1 is 1.25 bits per heavy atom. The SMILES string of the molecule is CCCCCCCCC1(C)SC(=O)C=C1O. The van der Waals surface area contributed by atoms with Gasteiger partial charge < -0.3 is 5.11 Å². The fraction of sp³-hybridized carbons (Fsp3) is 0.769. The standard InChI is InChI=1S/C13H22O2S/c1-3-4-5-6-7-8-9-13(2)11(14)10-12(15)16-13/h10,14H,3-9H2,1-2H3. The van der Waals surface area contributed by atoms with Gasteiger partial charge in [0.25, 0.3) is 0 Å². The highest BCUT2D eigenvalue weighted by Gasteiger charge is 2.37. The van der Waals surface area contributed by atoms with Gasteiger partial charge in [-0.05, 0) is 13.3 Å². The highest BCUT2D eigenvalue weighted by Crippen LogP contribution is 2.42. The normalized spacial score (nSPS) is 24.9. The molecule has 0 fully saturated rings. The van der Waals surface area contributed by atoms with Crippen molar-refractivity contribution in [3.63, 3.8) is 0 Å². The van der Waals surface area contributed by atoms with E-state index in [1.165, 1.54) is 49.9 Å². The molecule has 1 heterocycles. The molecule has 1 N–H and O–H groups in total. The van der Waals surface area contributed by atoms with E-state index in [1.807, 2.05) is 6.92 Å². The number of carbonyl (C=O) groups is 1. The van der Waals surface area contributed by atoms with Crippen LogP contribution in [0.5, 0.6) is 0 Å². The molecular formula is C13H22O2S. The number of hydrogen-bond acceptors (Lipinski definition) is 3. The van der Waals surface area contributed by atoms with Crippen LogP contribution in [0.1, 0.15) is 58.8 Å². The molecule has 1 aliphatic rings. The molecule has 0 saturated heterocycles. The largest absolute Gasteiger partial charge is 0.511 e. The molecule has 1 aliphatic heterocycles. The topological polar surface area (TPSA) is 37.3 Å². The zero-order valence-corrected chi connectivity index (χ0v) is 11.1. The molecule has 0 aromatic heterocycles. The summed E-state index contributed by atoms with van der Waals surface area (Å²) < 4.78 is -0.345. The first-order chi connectivity index (χ1) is 7.58. The fourth-order valence-electron chi connectivity index (χ4n) is 1.99. The molecule has 0 bridgehead atoms. The third-order valence-corrected chi connectivity index (χ3v) is 4.31. The van der Waals surface area contributed by atoms with Crippen LogP contribution in [0.3, 0.4) is 0 Å². The van der Waals surface area contributed by atoms with Crippen molar-refractivity contribution in [1.82, 2.24) is 0 Å². The van der Waals surface area contributed by atoms with Crippen LogP contribution in [-0.4, -0.2) is 15.0 Å². The van der Waals surface area contributed by atoms with Crippen molar-refractivity contribution in [1.29, 1.82) is 0 Å². The zero-order valence-electron chi connectivity index (χ0n) is 10.3. The number of aliphatic hydroxyl groups excluding tert-OH is 1. The third kappa shape index (κ3) is 3.85. The van der Waals surface area contributed by atoms with E-state index < -0.39 is 0 Å². The van der Waals surface area contributed by atoms with Gasteiger partial charge in [0.15, 0.2) is 0 Å². The van der Waals surface area contributed by atoms with Crippen LogP contribution in [0.2, 0.25) is 0 Å². The van der Waals surface area contributed by atoms with Crippen molar-refractivity contribution < 1.29 is 9.90 Å². The van der Waals surface area contributed by atoms with E-state index in [0.717, 1.165) is 12.8 Å². The molecule has 0 aliphatic carbocycles. The van der Waals surface area contributed by atoms with Crippen LogP contribution < -0.4 is 0 Å². The number of unbranched alkanes of at least 4 members (excludes halogenated alkanes) is 5. The van der Waals surface area contributed by atoms with Gasteiger partial charge >= 0.3 is 0 Å². The van der Waals surface area contributed by atoms with Crippen molar-refractivity contribution in [3.05, 3.63) is 11.8 Å². The quantitative estimate of drug-likeness (QED) is 0.679. The lowest BCUT2D eigenvalue weighted by atomic mass is 9.99. The van der Waals surface area contributed by atoms with Gasteiger partial charge in [0.2, 0.25) is 5.12 Å². The number of rotatable bonds is 7. The molecule has 1 rings (SSSR count). The molecular weight excluding hydrogens is 220 g/mol. The van der Waals surface area contributed by atoms with Gasteiger partial charge in [-0.15, -0.1) is 0 Å². The Kier molecular flexibility index (Phi) is 5.39. The van der Waals surface area contributed by atoms with Gasteiger partial charge in [0, 0.05) is 6.08 Å². The van der Waals surface area contributed by atoms with E-state index in [-0.39, 0.29) is 15.6 Å². The molecule has 92 valence electrons. The van der Waals surface area contributed by atoms with Crippen molar-refractivity contribution in [2.24, 2.45) is 0 Å². The molecule has 0 spiro atoms. The lowest BCUT2D eigenvalue weighted by Gasteiger charge is -2.22. The Balaban J connectivity index is 2.18. The second-order valence-electron chi connectivity index (χ2n) is 4.70. The minimum absolute atomic E-state index is 0.00835. The maximum Gasteiger partial charge on any atom is 0.216 e. The summed E-state index contributed by atoms with van der Waals surface area (Å²) in [6, 6.07) is 0. The summed E-state index contributed by atoms with van der Waals surface area (Å²) >= 11 is 1.26. The van der Waals surface area contributed by atoms with Gasteiger partial charge in [-0.3, -0.25) is 4.79 Å². The highest BCUT2D eigenvalue weighted by atomic mass is 32.2. The minimum atomic E-state index is -0.345. The van der Waals surface area contributed by atoms with Crippen LogP contribution in [0, 0.1) is 0 Å². The van der Waals surface area contributed by atoms with Crippen molar-refractivity contribution in [2.75, 3.05) is 0 Å². The molecule has 0 aromatic rings. The minimum Gasteiger partial charge on any atom is -0.511 e. The Morgan fingerprint density at radius 3 is 2.44 bits per heavy atom. The van der Waals surface area contributed by atoms with Crippen LogP contribution in [0.4, 0.5) is 0 Å². The Labute approximate surface area is 103 Å². The van der Waals surface area contributed by atoms with Gasteiger partial charge in [-0.25, -0.2) is 0 Å². The fourth-order valence-corrected chi connectivity index (χ4v) is 3.01. The average Bonchev–Trinajstić information content (AvgIpc) is 2.47. The monoisotopic (exact) mass is 242 g/mol. The highest BCUT2D eigenvalue weighted by molar-refractivity contribution is 8.15. The van der Waals surface area contributed by atoms with Crippen LogP contribution in [0.25, 0.3) is 0 Å². The van der Waals surface area contributed by atoms with Gasteiger partial charge in [0.1, 0.15) is 5.76 Å². The predicted molar refractivity (Wildman–Crippen MR) is 69.7 cm³/mol. The maximum absolute atomic E-state index is 11.2. The molecule has 0 radical (unpaired) electrons. The molecule has 0 amide bonds. The summed E-state index contributed by atoms with van der Waals surface area (Å²) in [5.74, 6) is 0.260. The summed E-state index contributed by atoms with van der Waals surface area (Å²) in [7, 11) is 0. The first kappa shape index (κ1) is 13.6. The lowest BCUT2D eigenvalue weighted by molar-refractivity contribution is -0.106. The maximum atomic E-state index is 11.2. The summed E-state index contributed by atoms with van der Waals surface area (Å²) in [5.41, 5.74) is 0. The predicted octanol–water partition coefficient (Wildman–Crippen LogP) is 4.21. The molecule has 0 aromatic carbocycles. The third-order valence-electron chi connectivity index (χ3n) is 3.13. The zero-order chi connectivity index (χ0) is 12.0. The second kappa shape index (κ2) is 6.33. The van der Waals surface area contributed by atoms with E-state index in [4.69, 9.17) is 0 Å². The van der Waals surface area contributed by atoms with E-state index in [1.54, 1.807) is 0 Å². The van der Waals surface area contributed by atoms with Crippen molar-refractivity contribution >= 4 is 16.9 Å². The summed E-state index contributed by atoms with van der Waals surface area (Å²) in [4.78, 5) is 11.2. The number of carbonyl (C=O) groups excluding carboxylic acids is 1. The first-order valence-corrected chi connectivity index (χ1v) is 7.04. The summed E-state index contributed by atoms with van der Waals surface area (Å²) in [6.07, 6.45) is 9.73. The molecule has 16 heavy (non-hydrogen) atoms.